The number of methoxy groups -OCH3 is 3. The quantitative estimate of drug-likeness (QED) is 0.228. The number of amides is 1. The number of aromatic amines is 1. The molecular formula is C32H31N3O5. The number of hydrogen-bond acceptors (Lipinski definition) is 6. The van der Waals surface area contributed by atoms with Crippen LogP contribution in [0.15, 0.2) is 79.5 Å². The molecule has 0 aliphatic heterocycles. The van der Waals surface area contributed by atoms with Crippen LogP contribution in [0.25, 0.3) is 27.4 Å². The molecule has 0 radical (unpaired) electrons. The number of carbonyl (C=O) groups excluding carboxylic acids is 1. The maximum atomic E-state index is 13.8. The Kier molecular flexibility index (Phi) is 7.70. The zero-order valence-electron chi connectivity index (χ0n) is 22.7. The molecule has 8 nitrogen and oxygen atoms in total. The van der Waals surface area contributed by atoms with Crippen LogP contribution in [0.1, 0.15) is 27.2 Å². The molecular weight excluding hydrogens is 506 g/mol. The number of nitrogens with one attached hydrogen (secondary N) is 2. The van der Waals surface area contributed by atoms with Gasteiger partial charge in [0.05, 0.1) is 50.8 Å². The van der Waals surface area contributed by atoms with Gasteiger partial charge in [-0.3, -0.25) is 4.79 Å². The molecule has 1 atom stereocenters. The highest BCUT2D eigenvalue weighted by molar-refractivity contribution is 6.07. The second-order valence-electron chi connectivity index (χ2n) is 9.40. The number of aliphatic hydroxyl groups excluding tert-OH is 1. The number of hydrogen-bond donors (Lipinski definition) is 3. The Balaban J connectivity index is 1.50. The van der Waals surface area contributed by atoms with Crippen LogP contribution in [0.4, 0.5) is 0 Å². The molecule has 0 saturated heterocycles. The van der Waals surface area contributed by atoms with E-state index in [1.807, 2.05) is 48.7 Å². The predicted octanol–water partition coefficient (Wildman–Crippen LogP) is 5.14. The number of pyridine rings is 1. The van der Waals surface area contributed by atoms with E-state index in [1.165, 1.54) is 0 Å². The minimum Gasteiger partial charge on any atom is -0.497 e. The van der Waals surface area contributed by atoms with Crippen LogP contribution in [0.3, 0.4) is 0 Å². The van der Waals surface area contributed by atoms with Crippen LogP contribution < -0.4 is 19.5 Å². The maximum absolute atomic E-state index is 13.8. The number of para-hydroxylation sites is 1. The lowest BCUT2D eigenvalue weighted by Crippen LogP contribution is -2.39. The fourth-order valence-electron chi connectivity index (χ4n) is 4.84. The molecule has 0 fully saturated rings. The van der Waals surface area contributed by atoms with Gasteiger partial charge < -0.3 is 29.6 Å². The summed E-state index contributed by atoms with van der Waals surface area (Å²) in [4.78, 5) is 21.8. The number of nitrogens with zero attached hydrogens (tertiary/aromatic N) is 1. The van der Waals surface area contributed by atoms with E-state index in [1.54, 1.807) is 45.6 Å². The zero-order valence-corrected chi connectivity index (χ0v) is 22.7. The van der Waals surface area contributed by atoms with Crippen molar-refractivity contribution in [2.75, 3.05) is 27.9 Å². The number of carbonyl (C=O) groups is 1. The van der Waals surface area contributed by atoms with Gasteiger partial charge >= 0.3 is 0 Å². The molecule has 0 aliphatic carbocycles. The molecule has 1 unspecified atom stereocenters. The monoisotopic (exact) mass is 537 g/mol. The second kappa shape index (κ2) is 11.5. The molecule has 40 heavy (non-hydrogen) atoms. The molecule has 0 aliphatic rings. The third-order valence-corrected chi connectivity index (χ3v) is 7.00. The van der Waals surface area contributed by atoms with Crippen molar-refractivity contribution in [3.63, 3.8) is 0 Å². The molecule has 3 aromatic carbocycles. The van der Waals surface area contributed by atoms with Crippen molar-refractivity contribution in [2.24, 2.45) is 0 Å². The number of benzene rings is 3. The maximum Gasteiger partial charge on any atom is 0.252 e. The number of aromatic nitrogens is 2. The van der Waals surface area contributed by atoms with E-state index in [9.17, 15) is 9.90 Å². The van der Waals surface area contributed by atoms with Crippen molar-refractivity contribution in [3.05, 3.63) is 102 Å². The number of H-pyrrole nitrogens is 1. The summed E-state index contributed by atoms with van der Waals surface area (Å²) < 4.78 is 16.2. The van der Waals surface area contributed by atoms with E-state index < -0.39 is 6.04 Å². The first-order valence-electron chi connectivity index (χ1n) is 12.8. The molecule has 5 rings (SSSR count). The van der Waals surface area contributed by atoms with Crippen LogP contribution in [-0.2, 0) is 6.42 Å². The van der Waals surface area contributed by atoms with Crippen LogP contribution in [0.5, 0.6) is 17.2 Å². The highest BCUT2D eigenvalue weighted by Gasteiger charge is 2.20. The van der Waals surface area contributed by atoms with E-state index >= 15 is 0 Å². The van der Waals surface area contributed by atoms with Gasteiger partial charge in [-0.15, -0.1) is 0 Å². The third-order valence-electron chi connectivity index (χ3n) is 7.00. The van der Waals surface area contributed by atoms with E-state index in [2.05, 4.69) is 16.9 Å². The molecule has 3 N–H and O–H groups in total. The van der Waals surface area contributed by atoms with Crippen molar-refractivity contribution >= 4 is 33.3 Å². The van der Waals surface area contributed by atoms with Gasteiger partial charge in [0.15, 0.2) is 11.5 Å². The Bertz CT molecular complexity index is 1710. The third kappa shape index (κ3) is 5.21. The van der Waals surface area contributed by atoms with Crippen molar-refractivity contribution in [1.82, 2.24) is 15.3 Å². The lowest BCUT2D eigenvalue weighted by Gasteiger charge is -2.18. The van der Waals surface area contributed by atoms with Crippen LogP contribution >= 0.6 is 0 Å². The van der Waals surface area contributed by atoms with Gasteiger partial charge in [-0.05, 0) is 60.0 Å². The normalized spacial score (nSPS) is 11.8. The van der Waals surface area contributed by atoms with Gasteiger partial charge in [-0.25, -0.2) is 4.98 Å². The summed E-state index contributed by atoms with van der Waals surface area (Å²) in [6.45, 7) is 4.04. The lowest BCUT2D eigenvalue weighted by atomic mass is 9.99. The van der Waals surface area contributed by atoms with Crippen LogP contribution in [-0.4, -0.2) is 55.0 Å². The fourth-order valence-corrected chi connectivity index (χ4v) is 4.84. The summed E-state index contributed by atoms with van der Waals surface area (Å²) in [5.74, 6) is 1.43. The number of aliphatic hydroxyl groups is 1. The topological polar surface area (TPSA) is 106 Å². The van der Waals surface area contributed by atoms with Gasteiger partial charge in [0.25, 0.3) is 5.91 Å². The molecule has 0 spiro atoms. The van der Waals surface area contributed by atoms with Gasteiger partial charge in [0, 0.05) is 28.1 Å². The standard InChI is InChI=1S/C32H31N3O5/c1-19(20-9-12-30(39-3)31(14-20)40-4)29-16-26(25-15-23(38-2)10-11-28(25)35-29)32(37)34-22(18-36)13-21-17-33-27-8-6-5-7-24(21)27/h5-12,14-17,22,33,36H,1,13,18H2,2-4H3,(H,34,37). The largest absolute Gasteiger partial charge is 0.497 e. The molecule has 0 bridgehead atoms. The predicted molar refractivity (Wildman–Crippen MR) is 156 cm³/mol. The zero-order chi connectivity index (χ0) is 28.2. The summed E-state index contributed by atoms with van der Waals surface area (Å²) in [5, 5.41) is 14.9. The molecule has 2 heterocycles. The minimum atomic E-state index is -0.502. The van der Waals surface area contributed by atoms with Crippen molar-refractivity contribution in [2.45, 2.75) is 12.5 Å². The number of rotatable bonds is 10. The van der Waals surface area contributed by atoms with Crippen molar-refractivity contribution in [3.8, 4) is 17.2 Å². The summed E-state index contributed by atoms with van der Waals surface area (Å²) in [7, 11) is 4.72. The van der Waals surface area contributed by atoms with E-state index in [0.717, 1.165) is 22.0 Å². The van der Waals surface area contributed by atoms with Crippen molar-refractivity contribution < 1.29 is 24.1 Å². The van der Waals surface area contributed by atoms with E-state index in [4.69, 9.17) is 19.2 Å². The Morgan fingerprint density at radius 3 is 2.52 bits per heavy atom. The summed E-state index contributed by atoms with van der Waals surface area (Å²) in [6.07, 6.45) is 2.38. The van der Waals surface area contributed by atoms with Gasteiger partial charge in [-0.2, -0.15) is 0 Å². The highest BCUT2D eigenvalue weighted by atomic mass is 16.5. The molecule has 0 saturated carbocycles. The van der Waals surface area contributed by atoms with E-state index in [0.29, 0.717) is 51.4 Å². The SMILES string of the molecule is C=C(c1ccc(OC)c(OC)c1)c1cc(C(=O)NC(CO)Cc2c[nH]c3ccccc23)c2cc(OC)ccc2n1. The summed E-state index contributed by atoms with van der Waals surface area (Å²) in [6, 6.07) is 20.0. The molecule has 5 aromatic rings. The first-order valence-corrected chi connectivity index (χ1v) is 12.8. The average molecular weight is 538 g/mol. The fraction of sp³-hybridized carbons (Fsp3) is 0.188. The smallest absolute Gasteiger partial charge is 0.252 e. The van der Waals surface area contributed by atoms with Crippen LogP contribution in [0, 0.1) is 0 Å². The highest BCUT2D eigenvalue weighted by Crippen LogP contribution is 2.33. The average Bonchev–Trinajstić information content (AvgIpc) is 3.41. The molecule has 8 heteroatoms. The minimum absolute atomic E-state index is 0.219. The molecule has 2 aromatic heterocycles. The van der Waals surface area contributed by atoms with Gasteiger partial charge in [-0.1, -0.05) is 30.8 Å². The number of fused-ring (bicyclic) bond motifs is 2. The Hall–Kier alpha value is -4.82. The Morgan fingerprint density at radius 1 is 0.975 bits per heavy atom. The van der Waals surface area contributed by atoms with Gasteiger partial charge in [0.1, 0.15) is 5.75 Å². The molecule has 204 valence electrons. The van der Waals surface area contributed by atoms with Crippen molar-refractivity contribution in [1.29, 1.82) is 0 Å². The van der Waals surface area contributed by atoms with Crippen LogP contribution in [0.2, 0.25) is 0 Å². The van der Waals surface area contributed by atoms with E-state index in [-0.39, 0.29) is 12.5 Å². The second-order valence-corrected chi connectivity index (χ2v) is 9.40. The summed E-state index contributed by atoms with van der Waals surface area (Å²) in [5.41, 5.74) is 4.96. The lowest BCUT2D eigenvalue weighted by molar-refractivity contribution is 0.0918. The Labute approximate surface area is 232 Å². The first-order chi connectivity index (χ1) is 19.4. The van der Waals surface area contributed by atoms with Gasteiger partial charge in [0.2, 0.25) is 0 Å². The first kappa shape index (κ1) is 26.8. The Morgan fingerprint density at radius 2 is 1.77 bits per heavy atom. The number of ether oxygens (including phenoxy) is 3. The summed E-state index contributed by atoms with van der Waals surface area (Å²) >= 11 is 0. The molecule has 1 amide bonds.